The summed E-state index contributed by atoms with van der Waals surface area (Å²) in [7, 11) is 0. The third kappa shape index (κ3) is 1.33. The Labute approximate surface area is 86.9 Å². The van der Waals surface area contributed by atoms with Crippen LogP contribution in [0.4, 0.5) is 14.6 Å². The molecule has 2 rings (SSSR count). The van der Waals surface area contributed by atoms with E-state index < -0.39 is 11.6 Å². The first-order chi connectivity index (χ1) is 6.59. The van der Waals surface area contributed by atoms with Crippen LogP contribution in [0.2, 0.25) is 0 Å². The van der Waals surface area contributed by atoms with Crippen molar-refractivity contribution in [1.82, 2.24) is 4.98 Å². The zero-order valence-corrected chi connectivity index (χ0v) is 8.48. The van der Waals surface area contributed by atoms with Crippen LogP contribution in [0.1, 0.15) is 0 Å². The summed E-state index contributed by atoms with van der Waals surface area (Å²) in [5, 5.41) is 0.386. The van der Waals surface area contributed by atoms with Gasteiger partial charge in [0, 0.05) is 5.39 Å². The SMILES string of the molecule is Nc1ccc2cc(F)c(Br)c(F)c2n1. The molecule has 5 heteroatoms. The lowest BCUT2D eigenvalue weighted by Gasteiger charge is -2.02. The van der Waals surface area contributed by atoms with Crippen LogP contribution in [-0.2, 0) is 0 Å². The molecule has 0 spiro atoms. The predicted octanol–water partition coefficient (Wildman–Crippen LogP) is 2.86. The highest BCUT2D eigenvalue weighted by atomic mass is 79.9. The topological polar surface area (TPSA) is 38.9 Å². The van der Waals surface area contributed by atoms with Crippen molar-refractivity contribution in [3.8, 4) is 0 Å². The third-order valence-electron chi connectivity index (χ3n) is 1.84. The number of fused-ring (bicyclic) bond motifs is 1. The molecule has 0 aliphatic rings. The summed E-state index contributed by atoms with van der Waals surface area (Å²) in [6.45, 7) is 0. The van der Waals surface area contributed by atoms with Crippen LogP contribution in [0.3, 0.4) is 0 Å². The number of hydrogen-bond acceptors (Lipinski definition) is 2. The standard InChI is InChI=1S/C9H5BrF2N2/c10-7-5(11)3-4-1-2-6(13)14-9(4)8(7)12/h1-3H,(H2,13,14). The molecule has 2 nitrogen and oxygen atoms in total. The van der Waals surface area contributed by atoms with Crippen LogP contribution in [-0.4, -0.2) is 4.98 Å². The lowest BCUT2D eigenvalue weighted by atomic mass is 10.2. The molecule has 0 fully saturated rings. The fraction of sp³-hybridized carbons (Fsp3) is 0. The summed E-state index contributed by atoms with van der Waals surface area (Å²) < 4.78 is 26.3. The lowest BCUT2D eigenvalue weighted by Crippen LogP contribution is -1.94. The average Bonchev–Trinajstić information content (AvgIpc) is 2.16. The van der Waals surface area contributed by atoms with Gasteiger partial charge in [-0.1, -0.05) is 0 Å². The molecular weight excluding hydrogens is 254 g/mol. The highest BCUT2D eigenvalue weighted by Gasteiger charge is 2.12. The highest BCUT2D eigenvalue weighted by Crippen LogP contribution is 2.27. The van der Waals surface area contributed by atoms with Crippen LogP contribution in [0.15, 0.2) is 22.7 Å². The van der Waals surface area contributed by atoms with Gasteiger partial charge in [-0.25, -0.2) is 13.8 Å². The molecule has 2 N–H and O–H groups in total. The smallest absolute Gasteiger partial charge is 0.166 e. The maximum atomic E-state index is 13.4. The average molecular weight is 259 g/mol. The van der Waals surface area contributed by atoms with Crippen LogP contribution < -0.4 is 5.73 Å². The van der Waals surface area contributed by atoms with Gasteiger partial charge in [-0.15, -0.1) is 0 Å². The molecule has 1 aromatic heterocycles. The van der Waals surface area contributed by atoms with Crippen molar-refractivity contribution in [3.05, 3.63) is 34.3 Å². The summed E-state index contributed by atoms with van der Waals surface area (Å²) in [5.74, 6) is -1.18. The number of nitrogen functional groups attached to an aromatic ring is 1. The second kappa shape index (κ2) is 3.16. The maximum absolute atomic E-state index is 13.4. The van der Waals surface area contributed by atoms with E-state index in [0.29, 0.717) is 5.39 Å². The van der Waals surface area contributed by atoms with Crippen molar-refractivity contribution in [3.63, 3.8) is 0 Å². The van der Waals surface area contributed by atoms with Gasteiger partial charge in [-0.05, 0) is 34.1 Å². The van der Waals surface area contributed by atoms with E-state index in [0.717, 1.165) is 0 Å². The van der Waals surface area contributed by atoms with E-state index in [2.05, 4.69) is 20.9 Å². The largest absolute Gasteiger partial charge is 0.384 e. The Morgan fingerprint density at radius 3 is 2.71 bits per heavy atom. The normalized spacial score (nSPS) is 10.8. The Hall–Kier alpha value is -1.23. The van der Waals surface area contributed by atoms with E-state index in [1.54, 1.807) is 0 Å². The minimum absolute atomic E-state index is 0.0678. The van der Waals surface area contributed by atoms with Crippen molar-refractivity contribution in [2.45, 2.75) is 0 Å². The Morgan fingerprint density at radius 1 is 1.29 bits per heavy atom. The van der Waals surface area contributed by atoms with Gasteiger partial charge in [0.05, 0.1) is 4.47 Å². The quantitative estimate of drug-likeness (QED) is 0.739. The molecule has 0 saturated heterocycles. The van der Waals surface area contributed by atoms with Crippen molar-refractivity contribution in [2.75, 3.05) is 5.73 Å². The van der Waals surface area contributed by atoms with Crippen LogP contribution in [0.25, 0.3) is 10.9 Å². The molecule has 14 heavy (non-hydrogen) atoms. The molecule has 1 aromatic carbocycles. The number of rotatable bonds is 0. The molecule has 0 aliphatic heterocycles. The van der Waals surface area contributed by atoms with Gasteiger partial charge in [0.2, 0.25) is 0 Å². The molecule has 0 aliphatic carbocycles. The van der Waals surface area contributed by atoms with E-state index in [1.807, 2.05) is 0 Å². The molecular formula is C9H5BrF2N2. The molecule has 0 amide bonds. The first kappa shape index (κ1) is 9.33. The Bertz CT molecular complexity index is 514. The number of anilines is 1. The highest BCUT2D eigenvalue weighted by molar-refractivity contribution is 9.10. The summed E-state index contributed by atoms with van der Waals surface area (Å²) in [4.78, 5) is 3.78. The van der Waals surface area contributed by atoms with Crippen molar-refractivity contribution < 1.29 is 8.78 Å². The van der Waals surface area contributed by atoms with Gasteiger partial charge in [0.15, 0.2) is 5.82 Å². The van der Waals surface area contributed by atoms with Crippen molar-refractivity contribution >= 4 is 32.7 Å². The number of benzene rings is 1. The fourth-order valence-corrected chi connectivity index (χ4v) is 1.49. The second-order valence-electron chi connectivity index (χ2n) is 2.79. The third-order valence-corrected chi connectivity index (χ3v) is 2.57. The maximum Gasteiger partial charge on any atom is 0.166 e. The molecule has 72 valence electrons. The number of hydrogen-bond donors (Lipinski definition) is 1. The molecule has 0 bridgehead atoms. The summed E-state index contributed by atoms with van der Waals surface area (Å²) in [6, 6.07) is 4.22. The predicted molar refractivity (Wildman–Crippen MR) is 53.8 cm³/mol. The summed E-state index contributed by atoms with van der Waals surface area (Å²) in [6.07, 6.45) is 0. The molecule has 2 aromatic rings. The monoisotopic (exact) mass is 258 g/mol. The zero-order valence-electron chi connectivity index (χ0n) is 6.89. The van der Waals surface area contributed by atoms with E-state index >= 15 is 0 Å². The van der Waals surface area contributed by atoms with Crippen LogP contribution >= 0.6 is 15.9 Å². The number of nitrogens with zero attached hydrogens (tertiary/aromatic N) is 1. The Morgan fingerprint density at radius 2 is 2.00 bits per heavy atom. The first-order valence-corrected chi connectivity index (χ1v) is 4.58. The molecule has 0 saturated carbocycles. The number of nitrogens with two attached hydrogens (primary N) is 1. The minimum atomic E-state index is -0.729. The van der Waals surface area contributed by atoms with Crippen LogP contribution in [0.5, 0.6) is 0 Å². The van der Waals surface area contributed by atoms with E-state index in [9.17, 15) is 8.78 Å². The van der Waals surface area contributed by atoms with Crippen molar-refractivity contribution in [2.24, 2.45) is 0 Å². The van der Waals surface area contributed by atoms with Gasteiger partial charge in [0.1, 0.15) is 17.2 Å². The van der Waals surface area contributed by atoms with Crippen molar-refractivity contribution in [1.29, 1.82) is 0 Å². The van der Waals surface area contributed by atoms with Gasteiger partial charge in [-0.3, -0.25) is 0 Å². The molecule has 0 radical (unpaired) electrons. The number of aromatic nitrogens is 1. The lowest BCUT2D eigenvalue weighted by molar-refractivity contribution is 0.579. The summed E-state index contributed by atoms with van der Waals surface area (Å²) >= 11 is 2.79. The number of pyridine rings is 1. The zero-order chi connectivity index (χ0) is 10.3. The molecule has 0 unspecified atom stereocenters. The Kier molecular flexibility index (Phi) is 2.11. The van der Waals surface area contributed by atoms with Gasteiger partial charge in [-0.2, -0.15) is 0 Å². The van der Waals surface area contributed by atoms with E-state index in [4.69, 9.17) is 5.73 Å². The van der Waals surface area contributed by atoms with Gasteiger partial charge in [0.25, 0.3) is 0 Å². The summed E-state index contributed by atoms with van der Waals surface area (Å²) in [5.41, 5.74) is 5.46. The first-order valence-electron chi connectivity index (χ1n) is 3.79. The fourth-order valence-electron chi connectivity index (χ4n) is 1.19. The van der Waals surface area contributed by atoms with Gasteiger partial charge < -0.3 is 5.73 Å². The number of halogens is 3. The molecule has 0 atom stereocenters. The van der Waals surface area contributed by atoms with E-state index in [1.165, 1.54) is 18.2 Å². The molecule has 1 heterocycles. The second-order valence-corrected chi connectivity index (χ2v) is 3.59. The van der Waals surface area contributed by atoms with Crippen LogP contribution in [0, 0.1) is 11.6 Å². The van der Waals surface area contributed by atoms with E-state index in [-0.39, 0.29) is 15.8 Å². The minimum Gasteiger partial charge on any atom is -0.384 e. The Balaban J connectivity index is 2.92. The van der Waals surface area contributed by atoms with Gasteiger partial charge >= 0.3 is 0 Å².